The first-order chi connectivity index (χ1) is 18.4. The Morgan fingerprint density at radius 3 is 2.38 bits per heavy atom. The van der Waals surface area contributed by atoms with Crippen LogP contribution in [0.1, 0.15) is 5.56 Å². The molecule has 0 radical (unpaired) electrons. The van der Waals surface area contributed by atoms with Crippen molar-refractivity contribution >= 4 is 43.0 Å². The van der Waals surface area contributed by atoms with Crippen molar-refractivity contribution < 1.29 is 21.6 Å². The van der Waals surface area contributed by atoms with Crippen molar-refractivity contribution in [1.82, 2.24) is 28.4 Å². The maximum absolute atomic E-state index is 13.6. The summed E-state index contributed by atoms with van der Waals surface area (Å²) in [7, 11) is 0.788. The fourth-order valence-electron chi connectivity index (χ4n) is 4.90. The van der Waals surface area contributed by atoms with E-state index in [1.165, 1.54) is 34.4 Å². The Hall–Kier alpha value is -4.36. The molecule has 13 heteroatoms. The van der Waals surface area contributed by atoms with Crippen molar-refractivity contribution in [3.05, 3.63) is 76.8 Å². The Labute approximate surface area is 219 Å². The highest BCUT2D eigenvalue weighted by Crippen LogP contribution is 2.37. The molecule has 0 saturated carbocycles. The van der Waals surface area contributed by atoms with Gasteiger partial charge in [-0.1, -0.05) is 0 Å². The molecule has 0 atom stereocenters. The van der Waals surface area contributed by atoms with Crippen LogP contribution in [0.5, 0.6) is 0 Å². The number of benzene rings is 3. The largest absolute Gasteiger partial charge is 0.416 e. The van der Waals surface area contributed by atoms with Crippen molar-refractivity contribution in [2.24, 2.45) is 14.1 Å². The van der Waals surface area contributed by atoms with Gasteiger partial charge in [0, 0.05) is 42.4 Å². The second-order valence-corrected chi connectivity index (χ2v) is 11.0. The van der Waals surface area contributed by atoms with Gasteiger partial charge in [-0.25, -0.2) is 22.9 Å². The van der Waals surface area contributed by atoms with Crippen LogP contribution < -0.4 is 10.4 Å². The average Bonchev–Trinajstić information content (AvgIpc) is 3.56. The monoisotopic (exact) mass is 554 g/mol. The van der Waals surface area contributed by atoms with E-state index in [-0.39, 0.29) is 10.6 Å². The first-order valence-electron chi connectivity index (χ1n) is 11.7. The van der Waals surface area contributed by atoms with Crippen LogP contribution in [0.15, 0.2) is 70.5 Å². The van der Waals surface area contributed by atoms with Crippen LogP contribution in [0, 0.1) is 0 Å². The van der Waals surface area contributed by atoms with Crippen LogP contribution in [-0.2, 0) is 30.3 Å². The van der Waals surface area contributed by atoms with Crippen LogP contribution in [-0.4, -0.2) is 39.1 Å². The topological polar surface area (TPSA) is 107 Å². The lowest BCUT2D eigenvalue weighted by atomic mass is 10.1. The number of hydrogen-bond donors (Lipinski definition) is 2. The highest BCUT2D eigenvalue weighted by Gasteiger charge is 2.31. The SMILES string of the molecule is CNS(=O)(=O)c1ccc2nc(-c3c[nH]c4ccc(C(F)(F)F)cc34)n(-c3ccc4c(c3)n(C)c(=O)n4C)c2c1. The minimum Gasteiger partial charge on any atom is -0.360 e. The number of rotatable bonds is 4. The van der Waals surface area contributed by atoms with Gasteiger partial charge < -0.3 is 4.98 Å². The fraction of sp³-hybridized carbons (Fsp3) is 0.154. The molecule has 0 aliphatic rings. The van der Waals surface area contributed by atoms with Crippen molar-refractivity contribution in [3.8, 4) is 17.1 Å². The van der Waals surface area contributed by atoms with E-state index in [4.69, 9.17) is 4.98 Å². The number of nitrogens with one attached hydrogen (secondary N) is 2. The molecule has 0 spiro atoms. The minimum atomic E-state index is -4.54. The van der Waals surface area contributed by atoms with E-state index < -0.39 is 21.8 Å². The summed E-state index contributed by atoms with van der Waals surface area (Å²) in [5.41, 5.74) is 2.54. The first-order valence-corrected chi connectivity index (χ1v) is 13.2. The summed E-state index contributed by atoms with van der Waals surface area (Å²) in [5.74, 6) is 0.301. The van der Waals surface area contributed by atoms with Crippen LogP contribution in [0.3, 0.4) is 0 Å². The molecule has 3 heterocycles. The second-order valence-electron chi connectivity index (χ2n) is 9.16. The van der Waals surface area contributed by atoms with E-state index >= 15 is 0 Å². The van der Waals surface area contributed by atoms with Gasteiger partial charge in [-0.3, -0.25) is 13.7 Å². The lowest BCUT2D eigenvalue weighted by Gasteiger charge is -2.11. The summed E-state index contributed by atoms with van der Waals surface area (Å²) < 4.78 is 72.8. The Morgan fingerprint density at radius 1 is 0.923 bits per heavy atom. The quantitative estimate of drug-likeness (QED) is 0.339. The molecular weight excluding hydrogens is 533 g/mol. The fourth-order valence-corrected chi connectivity index (χ4v) is 5.65. The van der Waals surface area contributed by atoms with Gasteiger partial charge in [-0.2, -0.15) is 13.2 Å². The molecule has 39 heavy (non-hydrogen) atoms. The molecular formula is C26H21F3N6O3S. The smallest absolute Gasteiger partial charge is 0.360 e. The number of halogens is 3. The molecule has 6 rings (SSSR count). The Kier molecular flexibility index (Phi) is 5.32. The van der Waals surface area contributed by atoms with Crippen LogP contribution in [0.4, 0.5) is 13.2 Å². The van der Waals surface area contributed by atoms with E-state index in [0.29, 0.717) is 50.0 Å². The van der Waals surface area contributed by atoms with Crippen LogP contribution >= 0.6 is 0 Å². The molecule has 0 saturated heterocycles. The maximum atomic E-state index is 13.6. The number of alkyl halides is 3. The third-order valence-corrected chi connectivity index (χ3v) is 8.38. The summed E-state index contributed by atoms with van der Waals surface area (Å²) in [6.07, 6.45) is -2.97. The molecule has 0 bridgehead atoms. The Morgan fingerprint density at radius 2 is 1.67 bits per heavy atom. The van der Waals surface area contributed by atoms with E-state index in [0.717, 1.165) is 12.1 Å². The number of aromatic amines is 1. The van der Waals surface area contributed by atoms with Gasteiger partial charge in [0.1, 0.15) is 5.82 Å². The standard InChI is InChI=1S/C26H21F3N6O3S/c1-30-39(37,38)16-6-8-20-22(12-16)35(15-5-9-21-23(11-15)34(3)25(36)33(21)2)24(32-20)18-13-31-19-7-4-14(10-17(18)19)26(27,28)29/h4-13,30-31H,1-3H3. The summed E-state index contributed by atoms with van der Waals surface area (Å²) in [5, 5.41) is 0.303. The zero-order chi connectivity index (χ0) is 27.9. The molecule has 0 aliphatic carbocycles. The van der Waals surface area contributed by atoms with Crippen molar-refractivity contribution in [1.29, 1.82) is 0 Å². The number of nitrogens with zero attached hydrogens (tertiary/aromatic N) is 4. The molecule has 3 aromatic carbocycles. The zero-order valence-electron chi connectivity index (χ0n) is 20.8. The summed E-state index contributed by atoms with van der Waals surface area (Å²) in [6, 6.07) is 13.1. The maximum Gasteiger partial charge on any atom is 0.416 e. The Bertz CT molecular complexity index is 2120. The molecule has 200 valence electrons. The lowest BCUT2D eigenvalue weighted by Crippen LogP contribution is -2.19. The summed E-state index contributed by atoms with van der Waals surface area (Å²) in [6.45, 7) is 0. The summed E-state index contributed by atoms with van der Waals surface area (Å²) >= 11 is 0. The number of aryl methyl sites for hydroxylation is 2. The van der Waals surface area contributed by atoms with E-state index in [1.54, 1.807) is 49.1 Å². The van der Waals surface area contributed by atoms with Crippen molar-refractivity contribution in [2.75, 3.05) is 7.05 Å². The molecule has 0 amide bonds. The van der Waals surface area contributed by atoms with Gasteiger partial charge in [0.25, 0.3) is 0 Å². The van der Waals surface area contributed by atoms with E-state index in [9.17, 15) is 26.4 Å². The third kappa shape index (κ3) is 3.76. The number of sulfonamides is 1. The van der Waals surface area contributed by atoms with Gasteiger partial charge >= 0.3 is 11.9 Å². The molecule has 0 fully saturated rings. The predicted molar refractivity (Wildman–Crippen MR) is 141 cm³/mol. The first kappa shape index (κ1) is 24.9. The van der Waals surface area contributed by atoms with E-state index in [2.05, 4.69) is 9.71 Å². The van der Waals surface area contributed by atoms with Gasteiger partial charge in [0.05, 0.1) is 32.5 Å². The lowest BCUT2D eigenvalue weighted by molar-refractivity contribution is -0.137. The van der Waals surface area contributed by atoms with Gasteiger partial charge in [-0.15, -0.1) is 0 Å². The molecule has 6 aromatic rings. The molecule has 9 nitrogen and oxygen atoms in total. The normalized spacial score (nSPS) is 12.8. The number of H-pyrrole nitrogens is 1. The van der Waals surface area contributed by atoms with Crippen molar-refractivity contribution in [3.63, 3.8) is 0 Å². The Balaban J connectivity index is 1.71. The highest BCUT2D eigenvalue weighted by atomic mass is 32.2. The van der Waals surface area contributed by atoms with Gasteiger partial charge in [0.2, 0.25) is 10.0 Å². The van der Waals surface area contributed by atoms with E-state index in [1.807, 2.05) is 0 Å². The summed E-state index contributed by atoms with van der Waals surface area (Å²) in [4.78, 5) is 20.3. The molecule has 0 unspecified atom stereocenters. The number of fused-ring (bicyclic) bond motifs is 3. The predicted octanol–water partition coefficient (Wildman–Crippen LogP) is 4.29. The minimum absolute atomic E-state index is 0.00308. The van der Waals surface area contributed by atoms with Crippen molar-refractivity contribution in [2.45, 2.75) is 11.1 Å². The second kappa shape index (κ2) is 8.32. The molecule has 3 aromatic heterocycles. The van der Waals surface area contributed by atoms with Gasteiger partial charge in [-0.05, 0) is 61.6 Å². The van der Waals surface area contributed by atoms with Crippen LogP contribution in [0.2, 0.25) is 0 Å². The third-order valence-electron chi connectivity index (χ3n) is 6.97. The number of hydrogen-bond acceptors (Lipinski definition) is 4. The van der Waals surface area contributed by atoms with Crippen LogP contribution in [0.25, 0.3) is 50.0 Å². The molecule has 2 N–H and O–H groups in total. The molecule has 0 aliphatic heterocycles. The number of aromatic nitrogens is 5. The average molecular weight is 555 g/mol. The number of imidazole rings is 2. The highest BCUT2D eigenvalue weighted by molar-refractivity contribution is 7.89. The van der Waals surface area contributed by atoms with Gasteiger partial charge in [0.15, 0.2) is 0 Å². The zero-order valence-corrected chi connectivity index (χ0v) is 21.6.